The molecular formula is C19H26F4O7S. The van der Waals surface area contributed by atoms with Gasteiger partial charge < -0.3 is 9.47 Å². The van der Waals surface area contributed by atoms with Crippen molar-refractivity contribution in [2.45, 2.75) is 69.0 Å². The van der Waals surface area contributed by atoms with Crippen molar-refractivity contribution in [1.82, 2.24) is 0 Å². The van der Waals surface area contributed by atoms with Crippen LogP contribution in [-0.2, 0) is 29.2 Å². The van der Waals surface area contributed by atoms with Crippen molar-refractivity contribution in [3.8, 4) is 0 Å². The molecule has 0 heterocycles. The standard InChI is InChI=1S/C19H26F4O7S/c1-29-14(24)16-7-12-6-13(8-16)10-17(9-12,11-16)15(25)30-5-3-2-4-18(20,21)19(22,23)31(26,27)28/h12-13H,2-11H2,1H3,(H,26,27,28). The van der Waals surface area contributed by atoms with Crippen LogP contribution in [0.2, 0.25) is 0 Å². The molecular weight excluding hydrogens is 448 g/mol. The predicted molar refractivity (Wildman–Crippen MR) is 97.8 cm³/mol. The van der Waals surface area contributed by atoms with Crippen molar-refractivity contribution in [1.29, 1.82) is 0 Å². The zero-order valence-corrected chi connectivity index (χ0v) is 17.9. The Bertz CT molecular complexity index is 828. The fourth-order valence-corrected chi connectivity index (χ4v) is 6.54. The SMILES string of the molecule is COC(=O)C12CC3CC(C1)CC(C(=O)OCCCCC(F)(F)C(F)(F)S(=O)(=O)O)(C3)C2. The molecule has 4 fully saturated rings. The molecule has 0 spiro atoms. The first-order valence-electron chi connectivity index (χ1n) is 10.2. The Morgan fingerprint density at radius 1 is 1.00 bits per heavy atom. The minimum absolute atomic E-state index is 0.187. The number of hydrogen-bond acceptors (Lipinski definition) is 6. The minimum atomic E-state index is -6.26. The Balaban J connectivity index is 1.54. The number of ether oxygens (including phenoxy) is 2. The summed E-state index contributed by atoms with van der Waals surface area (Å²) in [5.41, 5.74) is -1.54. The summed E-state index contributed by atoms with van der Waals surface area (Å²) < 4.78 is 92.9. The molecule has 4 aliphatic carbocycles. The van der Waals surface area contributed by atoms with E-state index in [-0.39, 0.29) is 30.8 Å². The summed E-state index contributed by atoms with van der Waals surface area (Å²) in [5, 5.41) is -5.60. The van der Waals surface area contributed by atoms with Crippen LogP contribution in [0.5, 0.6) is 0 Å². The molecule has 4 bridgehead atoms. The topological polar surface area (TPSA) is 107 Å². The number of methoxy groups -OCH3 is 1. The van der Waals surface area contributed by atoms with Crippen molar-refractivity contribution >= 4 is 22.1 Å². The molecule has 1 N–H and O–H groups in total. The number of esters is 2. The molecule has 0 aromatic heterocycles. The van der Waals surface area contributed by atoms with Crippen LogP contribution in [0, 0.1) is 22.7 Å². The van der Waals surface area contributed by atoms with Crippen LogP contribution in [0.4, 0.5) is 17.6 Å². The molecule has 31 heavy (non-hydrogen) atoms. The van der Waals surface area contributed by atoms with Crippen LogP contribution >= 0.6 is 0 Å². The third kappa shape index (κ3) is 4.17. The molecule has 0 radical (unpaired) electrons. The minimum Gasteiger partial charge on any atom is -0.469 e. The lowest BCUT2D eigenvalue weighted by molar-refractivity contribution is -0.192. The molecule has 2 atom stereocenters. The zero-order valence-electron chi connectivity index (χ0n) is 17.0. The third-order valence-corrected chi connectivity index (χ3v) is 7.93. The van der Waals surface area contributed by atoms with Crippen molar-refractivity contribution in [2.24, 2.45) is 22.7 Å². The van der Waals surface area contributed by atoms with Gasteiger partial charge in [0, 0.05) is 6.42 Å². The van der Waals surface area contributed by atoms with Crippen LogP contribution < -0.4 is 0 Å². The summed E-state index contributed by atoms with van der Waals surface area (Å²) in [5.74, 6) is -5.41. The van der Waals surface area contributed by atoms with E-state index >= 15 is 0 Å². The first kappa shape index (κ1) is 24.2. The van der Waals surface area contributed by atoms with E-state index in [1.165, 1.54) is 7.11 Å². The van der Waals surface area contributed by atoms with E-state index in [9.17, 15) is 35.6 Å². The highest BCUT2D eigenvalue weighted by Crippen LogP contribution is 2.65. The van der Waals surface area contributed by atoms with Gasteiger partial charge in [0.2, 0.25) is 0 Å². The number of alkyl halides is 4. The fourth-order valence-electron chi connectivity index (χ4n) is 6.06. The summed E-state index contributed by atoms with van der Waals surface area (Å²) in [7, 11) is -4.95. The second-order valence-corrected chi connectivity index (χ2v) is 10.8. The van der Waals surface area contributed by atoms with Crippen LogP contribution in [0.15, 0.2) is 0 Å². The van der Waals surface area contributed by atoms with Crippen LogP contribution in [-0.4, -0.2) is 49.8 Å². The first-order valence-corrected chi connectivity index (χ1v) is 11.6. The highest BCUT2D eigenvalue weighted by molar-refractivity contribution is 7.87. The number of halogens is 4. The van der Waals surface area contributed by atoms with E-state index < -0.39 is 50.9 Å². The fraction of sp³-hybridized carbons (Fsp3) is 0.895. The normalized spacial score (nSPS) is 32.7. The van der Waals surface area contributed by atoms with Gasteiger partial charge in [-0.1, -0.05) is 0 Å². The van der Waals surface area contributed by atoms with Gasteiger partial charge in [-0.2, -0.15) is 26.0 Å². The van der Waals surface area contributed by atoms with Gasteiger partial charge in [0.1, 0.15) is 0 Å². The smallest absolute Gasteiger partial charge is 0.431 e. The highest BCUT2D eigenvalue weighted by atomic mass is 32.2. The summed E-state index contributed by atoms with van der Waals surface area (Å²) in [4.78, 5) is 25.3. The summed E-state index contributed by atoms with van der Waals surface area (Å²) >= 11 is 0. The van der Waals surface area contributed by atoms with Gasteiger partial charge in [0.25, 0.3) is 0 Å². The van der Waals surface area contributed by atoms with E-state index in [4.69, 9.17) is 14.0 Å². The number of carbonyl (C=O) groups is 2. The van der Waals surface area contributed by atoms with Gasteiger partial charge in [-0.3, -0.25) is 14.1 Å². The monoisotopic (exact) mass is 474 g/mol. The molecule has 178 valence electrons. The van der Waals surface area contributed by atoms with Crippen molar-refractivity contribution in [2.75, 3.05) is 13.7 Å². The number of rotatable bonds is 9. The second kappa shape index (κ2) is 7.86. The molecule has 12 heteroatoms. The maximum atomic E-state index is 13.5. The number of hydrogen-bond donors (Lipinski definition) is 1. The lowest BCUT2D eigenvalue weighted by Crippen LogP contribution is -2.58. The molecule has 0 aliphatic heterocycles. The van der Waals surface area contributed by atoms with E-state index in [0.717, 1.165) is 6.42 Å². The molecule has 0 amide bonds. The molecule has 4 rings (SSSR count). The van der Waals surface area contributed by atoms with E-state index in [0.29, 0.717) is 32.1 Å². The molecule has 4 saturated carbocycles. The Hall–Kier alpha value is -1.43. The van der Waals surface area contributed by atoms with Gasteiger partial charge in [0.15, 0.2) is 0 Å². The molecule has 2 unspecified atom stereocenters. The number of unbranched alkanes of at least 4 members (excludes halogenated alkanes) is 1. The van der Waals surface area contributed by atoms with Gasteiger partial charge in [-0.15, -0.1) is 0 Å². The van der Waals surface area contributed by atoms with E-state index in [1.54, 1.807) is 0 Å². The quantitative estimate of drug-likeness (QED) is 0.236. The Morgan fingerprint density at radius 3 is 2.00 bits per heavy atom. The molecule has 7 nitrogen and oxygen atoms in total. The number of carbonyl (C=O) groups excluding carboxylic acids is 2. The lowest BCUT2D eigenvalue weighted by Gasteiger charge is -2.59. The van der Waals surface area contributed by atoms with Gasteiger partial charge >= 0.3 is 33.2 Å². The maximum Gasteiger partial charge on any atom is 0.431 e. The Kier molecular flexibility index (Phi) is 6.14. The van der Waals surface area contributed by atoms with Gasteiger partial charge in [-0.05, 0) is 63.2 Å². The van der Waals surface area contributed by atoms with Gasteiger partial charge in [0.05, 0.1) is 24.5 Å². The average Bonchev–Trinajstić information content (AvgIpc) is 2.64. The highest BCUT2D eigenvalue weighted by Gasteiger charge is 2.65. The lowest BCUT2D eigenvalue weighted by atomic mass is 9.44. The molecule has 0 saturated heterocycles. The zero-order chi connectivity index (χ0) is 23.3. The summed E-state index contributed by atoms with van der Waals surface area (Å²) in [6.07, 6.45) is 1.52. The second-order valence-electron chi connectivity index (χ2n) is 9.30. The van der Waals surface area contributed by atoms with Crippen molar-refractivity contribution in [3.63, 3.8) is 0 Å². The van der Waals surface area contributed by atoms with Gasteiger partial charge in [-0.25, -0.2) is 0 Å². The Morgan fingerprint density at radius 2 is 1.52 bits per heavy atom. The largest absolute Gasteiger partial charge is 0.469 e. The molecule has 0 aromatic rings. The van der Waals surface area contributed by atoms with E-state index in [2.05, 4.69) is 0 Å². The maximum absolute atomic E-state index is 13.5. The molecule has 4 aliphatic rings. The summed E-state index contributed by atoms with van der Waals surface area (Å²) in [6.45, 7) is -0.297. The van der Waals surface area contributed by atoms with Crippen LogP contribution in [0.25, 0.3) is 0 Å². The van der Waals surface area contributed by atoms with Crippen LogP contribution in [0.1, 0.15) is 57.8 Å². The summed E-state index contributed by atoms with van der Waals surface area (Å²) in [6, 6.07) is 0. The van der Waals surface area contributed by atoms with Crippen molar-refractivity contribution < 1.29 is 49.6 Å². The first-order chi connectivity index (χ1) is 14.2. The molecule has 0 aromatic carbocycles. The average molecular weight is 474 g/mol. The van der Waals surface area contributed by atoms with E-state index in [1.807, 2.05) is 0 Å². The third-order valence-electron chi connectivity index (χ3n) is 6.98. The Labute approximate surface area is 177 Å². The predicted octanol–water partition coefficient (Wildman–Crippen LogP) is 3.58. The van der Waals surface area contributed by atoms with Crippen LogP contribution in [0.3, 0.4) is 0 Å². The van der Waals surface area contributed by atoms with Crippen molar-refractivity contribution in [3.05, 3.63) is 0 Å².